The Morgan fingerprint density at radius 2 is 0.513 bits per heavy atom. The molecule has 0 aromatic heterocycles. The molecule has 450 valence electrons. The van der Waals surface area contributed by atoms with Gasteiger partial charge in [0.25, 0.3) is 0 Å². The zero-order valence-electron chi connectivity index (χ0n) is 51.7. The molecule has 0 rings (SSSR count). The summed E-state index contributed by atoms with van der Waals surface area (Å²) in [6.07, 6.45) is 87.5. The smallest absolute Gasteiger partial charge is 0.306 e. The zero-order chi connectivity index (χ0) is 56.4. The van der Waals surface area contributed by atoms with E-state index < -0.39 is 6.10 Å². The normalized spacial score (nSPS) is 12.6. The molecule has 0 aliphatic heterocycles. The summed E-state index contributed by atoms with van der Waals surface area (Å²) >= 11 is 0. The summed E-state index contributed by atoms with van der Waals surface area (Å²) in [5.74, 6) is -0.889. The maximum Gasteiger partial charge on any atom is 0.306 e. The minimum absolute atomic E-state index is 0.0809. The highest BCUT2D eigenvalue weighted by atomic mass is 16.6. The Bertz CT molecular complexity index is 1480. The summed E-state index contributed by atoms with van der Waals surface area (Å²) < 4.78 is 16.9. The number of carbonyl (C=O) groups is 3. The molecule has 0 saturated carbocycles. The van der Waals surface area contributed by atoms with Gasteiger partial charge in [-0.05, 0) is 109 Å². The number of ether oxygens (including phenoxy) is 3. The first-order valence-electron chi connectivity index (χ1n) is 33.6. The van der Waals surface area contributed by atoms with E-state index in [0.29, 0.717) is 19.3 Å². The van der Waals surface area contributed by atoms with Crippen LogP contribution in [0.15, 0.2) is 85.1 Å². The van der Waals surface area contributed by atoms with E-state index in [1.54, 1.807) is 0 Å². The van der Waals surface area contributed by atoms with Crippen molar-refractivity contribution in [3.05, 3.63) is 85.1 Å². The van der Waals surface area contributed by atoms with Gasteiger partial charge in [0.15, 0.2) is 6.10 Å². The van der Waals surface area contributed by atoms with Gasteiger partial charge >= 0.3 is 17.9 Å². The SMILES string of the molecule is CC/C=C\C/C=C\C/C=C\C/C=C\CCCCCCCCCCCCCCCCCCCCC(=O)OCC(COC(=O)CCCCCCC/C=C\C/C=C\CCCC)OC(=O)CCCCCCC/C=C\CCCCCCCC. The van der Waals surface area contributed by atoms with Crippen LogP contribution in [-0.4, -0.2) is 37.2 Å². The molecule has 0 aliphatic rings. The second-order valence-electron chi connectivity index (χ2n) is 22.3. The predicted molar refractivity (Wildman–Crippen MR) is 339 cm³/mol. The van der Waals surface area contributed by atoms with Crippen LogP contribution in [0.1, 0.15) is 335 Å². The molecule has 0 fully saturated rings. The molecule has 0 radical (unpaired) electrons. The largest absolute Gasteiger partial charge is 0.462 e. The minimum atomic E-state index is -0.785. The Balaban J connectivity index is 4.19. The van der Waals surface area contributed by atoms with Crippen LogP contribution in [0.5, 0.6) is 0 Å². The maximum atomic E-state index is 12.9. The summed E-state index contributed by atoms with van der Waals surface area (Å²) in [6.45, 7) is 6.50. The summed E-state index contributed by atoms with van der Waals surface area (Å²) in [5, 5.41) is 0. The Morgan fingerprint density at radius 3 is 0.833 bits per heavy atom. The predicted octanol–water partition coefficient (Wildman–Crippen LogP) is 23.1. The molecule has 1 unspecified atom stereocenters. The summed E-state index contributed by atoms with van der Waals surface area (Å²) in [4.78, 5) is 38.3. The fourth-order valence-electron chi connectivity index (χ4n) is 9.57. The molecular weight excluding hydrogens is 961 g/mol. The van der Waals surface area contributed by atoms with E-state index in [1.165, 1.54) is 180 Å². The van der Waals surface area contributed by atoms with E-state index >= 15 is 0 Å². The molecule has 0 bridgehead atoms. The Morgan fingerprint density at radius 1 is 0.269 bits per heavy atom. The van der Waals surface area contributed by atoms with Crippen LogP contribution in [0.3, 0.4) is 0 Å². The van der Waals surface area contributed by atoms with Gasteiger partial charge in [0.2, 0.25) is 0 Å². The number of rotatable bonds is 61. The lowest BCUT2D eigenvalue weighted by Crippen LogP contribution is -2.30. The number of hydrogen-bond acceptors (Lipinski definition) is 6. The van der Waals surface area contributed by atoms with Crippen molar-refractivity contribution in [3.8, 4) is 0 Å². The Labute approximate surface area is 484 Å². The second kappa shape index (κ2) is 66.1. The van der Waals surface area contributed by atoms with Crippen LogP contribution in [0.4, 0.5) is 0 Å². The monoisotopic (exact) mass is 1090 g/mol. The topological polar surface area (TPSA) is 78.9 Å². The average molecular weight is 1090 g/mol. The van der Waals surface area contributed by atoms with Gasteiger partial charge in [-0.3, -0.25) is 14.4 Å². The quantitative estimate of drug-likeness (QED) is 0.0261. The minimum Gasteiger partial charge on any atom is -0.462 e. The lowest BCUT2D eigenvalue weighted by Gasteiger charge is -2.18. The van der Waals surface area contributed by atoms with E-state index in [1.807, 2.05) is 0 Å². The van der Waals surface area contributed by atoms with Gasteiger partial charge in [-0.2, -0.15) is 0 Å². The Kier molecular flexibility index (Phi) is 63.2. The number of unbranched alkanes of at least 4 members (excludes halogenated alkanes) is 36. The molecule has 0 spiro atoms. The molecule has 6 nitrogen and oxygen atoms in total. The van der Waals surface area contributed by atoms with Crippen LogP contribution in [0.25, 0.3) is 0 Å². The Hall–Kier alpha value is -3.41. The summed E-state index contributed by atoms with van der Waals surface area (Å²) in [5.41, 5.74) is 0. The van der Waals surface area contributed by atoms with Crippen molar-refractivity contribution >= 4 is 17.9 Å². The van der Waals surface area contributed by atoms with Gasteiger partial charge in [-0.1, -0.05) is 292 Å². The van der Waals surface area contributed by atoms with E-state index in [-0.39, 0.29) is 31.1 Å². The van der Waals surface area contributed by atoms with Gasteiger partial charge in [-0.15, -0.1) is 0 Å². The molecule has 0 amide bonds. The van der Waals surface area contributed by atoms with Crippen molar-refractivity contribution < 1.29 is 28.6 Å². The van der Waals surface area contributed by atoms with Crippen LogP contribution >= 0.6 is 0 Å². The third-order valence-corrected chi connectivity index (χ3v) is 14.6. The zero-order valence-corrected chi connectivity index (χ0v) is 51.7. The second-order valence-corrected chi connectivity index (χ2v) is 22.3. The highest BCUT2D eigenvalue weighted by molar-refractivity contribution is 5.71. The van der Waals surface area contributed by atoms with Crippen molar-refractivity contribution in [2.45, 2.75) is 341 Å². The molecule has 0 heterocycles. The number of allylic oxidation sites excluding steroid dienone is 14. The van der Waals surface area contributed by atoms with Gasteiger partial charge in [-0.25, -0.2) is 0 Å². The van der Waals surface area contributed by atoms with Crippen molar-refractivity contribution in [1.82, 2.24) is 0 Å². The van der Waals surface area contributed by atoms with Crippen LogP contribution in [0, 0.1) is 0 Å². The molecule has 1 atom stereocenters. The van der Waals surface area contributed by atoms with Crippen molar-refractivity contribution in [2.24, 2.45) is 0 Å². The first-order valence-corrected chi connectivity index (χ1v) is 33.6. The third-order valence-electron chi connectivity index (χ3n) is 14.6. The molecular formula is C72H126O6. The third kappa shape index (κ3) is 63.4. The lowest BCUT2D eigenvalue weighted by molar-refractivity contribution is -0.167. The van der Waals surface area contributed by atoms with Gasteiger partial charge in [0.05, 0.1) is 0 Å². The molecule has 0 aliphatic carbocycles. The molecule has 78 heavy (non-hydrogen) atoms. The summed E-state index contributed by atoms with van der Waals surface area (Å²) in [6, 6.07) is 0. The molecule has 0 aromatic carbocycles. The molecule has 0 aromatic rings. The van der Waals surface area contributed by atoms with E-state index in [4.69, 9.17) is 14.2 Å². The lowest BCUT2D eigenvalue weighted by atomic mass is 10.0. The first kappa shape index (κ1) is 74.6. The van der Waals surface area contributed by atoms with Gasteiger partial charge in [0.1, 0.15) is 13.2 Å². The molecule has 0 saturated heterocycles. The molecule has 0 N–H and O–H groups in total. The van der Waals surface area contributed by atoms with Gasteiger partial charge in [0, 0.05) is 19.3 Å². The van der Waals surface area contributed by atoms with Crippen LogP contribution in [-0.2, 0) is 28.6 Å². The number of hydrogen-bond donors (Lipinski definition) is 0. The van der Waals surface area contributed by atoms with Gasteiger partial charge < -0.3 is 14.2 Å². The van der Waals surface area contributed by atoms with Crippen LogP contribution < -0.4 is 0 Å². The maximum absolute atomic E-state index is 12.9. The standard InChI is InChI=1S/C72H126O6/c1-4-7-10-13-16-19-22-25-28-29-30-31-32-33-34-35-36-37-38-39-40-41-42-43-45-47-50-53-56-59-62-65-71(74)77-68-69(67-76-70(73)64-61-58-55-52-49-46-27-24-21-18-15-12-9-6-3)78-72(75)66-63-60-57-54-51-48-44-26-23-20-17-14-11-8-5-2/h7,10,15-16,18-19,24-28,30-31,44,69H,4-6,8-9,11-14,17,20-23,29,32-43,45-68H2,1-3H3/b10-7-,18-15-,19-16-,27-24-,28-25-,31-30-,44-26-. The highest BCUT2D eigenvalue weighted by Gasteiger charge is 2.19. The van der Waals surface area contributed by atoms with Crippen molar-refractivity contribution in [3.63, 3.8) is 0 Å². The molecule has 6 heteroatoms. The average Bonchev–Trinajstić information content (AvgIpc) is 3.44. The van der Waals surface area contributed by atoms with E-state index in [0.717, 1.165) is 116 Å². The summed E-state index contributed by atoms with van der Waals surface area (Å²) in [7, 11) is 0. The fraction of sp³-hybridized carbons (Fsp3) is 0.764. The van der Waals surface area contributed by atoms with Crippen LogP contribution in [0.2, 0.25) is 0 Å². The van der Waals surface area contributed by atoms with Crippen molar-refractivity contribution in [2.75, 3.05) is 13.2 Å². The first-order chi connectivity index (χ1) is 38.5. The van der Waals surface area contributed by atoms with Crippen molar-refractivity contribution in [1.29, 1.82) is 0 Å². The number of esters is 3. The van der Waals surface area contributed by atoms with E-state index in [9.17, 15) is 14.4 Å². The highest BCUT2D eigenvalue weighted by Crippen LogP contribution is 2.17. The van der Waals surface area contributed by atoms with E-state index in [2.05, 4.69) is 106 Å². The number of carbonyl (C=O) groups excluding carboxylic acids is 3. The fourth-order valence-corrected chi connectivity index (χ4v) is 9.57.